The number of hydrogen-bond donors (Lipinski definition) is 1. The monoisotopic (exact) mass is 423 g/mol. The number of aliphatic hydroxyl groups is 1. The van der Waals surface area contributed by atoms with Crippen molar-refractivity contribution in [2.45, 2.75) is 18.6 Å². The quantitative estimate of drug-likeness (QED) is 0.624. The van der Waals surface area contributed by atoms with E-state index in [-0.39, 0.29) is 6.61 Å². The molecule has 1 aliphatic rings. The van der Waals surface area contributed by atoms with E-state index in [2.05, 4.69) is 36.3 Å². The number of ether oxygens (including phenoxy) is 2. The number of rotatable bonds is 5. The van der Waals surface area contributed by atoms with E-state index in [4.69, 9.17) is 14.6 Å². The van der Waals surface area contributed by atoms with Gasteiger partial charge in [0.1, 0.15) is 23.7 Å². The van der Waals surface area contributed by atoms with Crippen LogP contribution in [0.5, 0.6) is 5.75 Å². The van der Waals surface area contributed by atoms with Gasteiger partial charge in [-0.05, 0) is 47.9 Å². The van der Waals surface area contributed by atoms with E-state index in [9.17, 15) is 0 Å². The summed E-state index contributed by atoms with van der Waals surface area (Å²) < 4.78 is 15.0. The summed E-state index contributed by atoms with van der Waals surface area (Å²) in [6, 6.07) is 11.4. The van der Waals surface area contributed by atoms with E-state index < -0.39 is 5.60 Å². The number of nitrogens with zero attached hydrogens (tertiary/aromatic N) is 5. The lowest BCUT2D eigenvalue weighted by atomic mass is 10.0. The van der Waals surface area contributed by atoms with Gasteiger partial charge in [0.2, 0.25) is 0 Å². The zero-order valence-corrected chi connectivity index (χ0v) is 17.5. The Morgan fingerprint density at radius 3 is 2.63 bits per heavy atom. The number of methoxy groups -OCH3 is 2. The summed E-state index contributed by atoms with van der Waals surface area (Å²) in [6.45, 7) is 1.19. The maximum Gasteiger partial charge on any atom is 0.168 e. The highest BCUT2D eigenvalue weighted by Gasteiger charge is 2.37. The number of aliphatic hydroxyl groups excluding tert-OH is 1. The van der Waals surface area contributed by atoms with E-state index in [1.165, 1.54) is 11.5 Å². The first kappa shape index (κ1) is 20.2. The van der Waals surface area contributed by atoms with Crippen molar-refractivity contribution in [1.82, 2.24) is 19.6 Å². The summed E-state index contributed by atoms with van der Waals surface area (Å²) >= 11 is 1.19. The number of anilines is 1. The number of benzene rings is 1. The molecule has 1 aromatic carbocycles. The first-order valence-corrected chi connectivity index (χ1v) is 10.2. The molecule has 9 heteroatoms. The predicted molar refractivity (Wildman–Crippen MR) is 113 cm³/mol. The summed E-state index contributed by atoms with van der Waals surface area (Å²) in [6.07, 6.45) is 0.770. The van der Waals surface area contributed by atoms with Crippen molar-refractivity contribution >= 4 is 17.4 Å². The third-order valence-electron chi connectivity index (χ3n) is 4.95. The van der Waals surface area contributed by atoms with Crippen LogP contribution < -0.4 is 9.64 Å². The van der Waals surface area contributed by atoms with Crippen molar-refractivity contribution in [1.29, 1.82) is 0 Å². The van der Waals surface area contributed by atoms with Crippen LogP contribution in [0.15, 0.2) is 36.4 Å². The molecule has 0 aliphatic carbocycles. The molecule has 0 radical (unpaired) electrons. The minimum Gasteiger partial charge on any atom is -0.497 e. The summed E-state index contributed by atoms with van der Waals surface area (Å²) in [5, 5.41) is 18.4. The molecule has 0 bridgehead atoms. The normalized spacial score (nSPS) is 18.2. The molecule has 30 heavy (non-hydrogen) atoms. The summed E-state index contributed by atoms with van der Waals surface area (Å²) in [4.78, 5) is 6.34. The van der Waals surface area contributed by atoms with E-state index in [0.717, 1.165) is 30.1 Å². The highest BCUT2D eigenvalue weighted by atomic mass is 32.1. The molecule has 0 spiro atoms. The van der Waals surface area contributed by atoms with Gasteiger partial charge in [-0.3, -0.25) is 0 Å². The Kier molecular flexibility index (Phi) is 5.90. The minimum absolute atomic E-state index is 0.188. The smallest absolute Gasteiger partial charge is 0.168 e. The molecule has 1 atom stereocenters. The van der Waals surface area contributed by atoms with Crippen LogP contribution in [0.1, 0.15) is 17.8 Å². The van der Waals surface area contributed by atoms with E-state index in [1.54, 1.807) is 14.2 Å². The van der Waals surface area contributed by atoms with Crippen LogP contribution >= 0.6 is 11.5 Å². The second kappa shape index (κ2) is 8.75. The average Bonchev–Trinajstić information content (AvgIpc) is 3.46. The largest absolute Gasteiger partial charge is 0.497 e. The Bertz CT molecular complexity index is 1060. The molecule has 1 saturated heterocycles. The van der Waals surface area contributed by atoms with Gasteiger partial charge in [-0.2, -0.15) is 4.37 Å². The fourth-order valence-corrected chi connectivity index (χ4v) is 3.83. The van der Waals surface area contributed by atoms with E-state index in [0.29, 0.717) is 23.1 Å². The molecule has 3 aromatic rings. The molecule has 1 unspecified atom stereocenters. The molecular weight excluding hydrogens is 402 g/mol. The van der Waals surface area contributed by atoms with E-state index in [1.807, 2.05) is 36.4 Å². The molecule has 1 fully saturated rings. The topological polar surface area (TPSA) is 93.5 Å². The third-order valence-corrected chi connectivity index (χ3v) is 5.73. The lowest BCUT2D eigenvalue weighted by molar-refractivity contribution is 0.0602. The predicted octanol–water partition coefficient (Wildman–Crippen LogP) is 2.14. The van der Waals surface area contributed by atoms with Crippen molar-refractivity contribution < 1.29 is 14.6 Å². The van der Waals surface area contributed by atoms with Crippen LogP contribution in [0.25, 0.3) is 10.7 Å². The van der Waals surface area contributed by atoms with Crippen molar-refractivity contribution in [2.24, 2.45) is 0 Å². The SMILES string of the molecule is COc1ccc(C#CC2(OC)CCN(c3ccc(-c4nc(CO)ns4)nn3)C2)cc1. The molecule has 0 saturated carbocycles. The van der Waals surface area contributed by atoms with Gasteiger partial charge in [-0.25, -0.2) is 4.98 Å². The van der Waals surface area contributed by atoms with Gasteiger partial charge >= 0.3 is 0 Å². The molecule has 0 amide bonds. The molecule has 1 aliphatic heterocycles. The second-order valence-corrected chi connectivity index (χ2v) is 7.55. The summed E-state index contributed by atoms with van der Waals surface area (Å²) in [7, 11) is 3.33. The van der Waals surface area contributed by atoms with Crippen molar-refractivity contribution in [3.05, 3.63) is 47.8 Å². The van der Waals surface area contributed by atoms with Gasteiger partial charge in [-0.15, -0.1) is 10.2 Å². The van der Waals surface area contributed by atoms with Gasteiger partial charge in [0.05, 0.1) is 13.7 Å². The molecular formula is C21H21N5O3S. The minimum atomic E-state index is -0.560. The molecule has 154 valence electrons. The third kappa shape index (κ3) is 4.26. The van der Waals surface area contributed by atoms with Crippen LogP contribution in [-0.2, 0) is 11.3 Å². The van der Waals surface area contributed by atoms with Crippen LogP contribution in [-0.4, -0.2) is 57.6 Å². The highest BCUT2D eigenvalue weighted by Crippen LogP contribution is 2.29. The van der Waals surface area contributed by atoms with Gasteiger partial charge in [-0.1, -0.05) is 11.8 Å². The molecule has 3 heterocycles. The lowest BCUT2D eigenvalue weighted by Crippen LogP contribution is -2.34. The second-order valence-electron chi connectivity index (χ2n) is 6.80. The standard InChI is InChI=1S/C21H21N5O3S/c1-28-16-5-3-15(4-6-16)9-10-21(29-2)11-12-26(14-21)19-8-7-17(23-24-19)20-22-18(13-27)25-30-20/h3-8,27H,11-14H2,1-2H3. The van der Waals surface area contributed by atoms with Gasteiger partial charge in [0.25, 0.3) is 0 Å². The fourth-order valence-electron chi connectivity index (χ4n) is 3.19. The Labute approximate surface area is 178 Å². The van der Waals surface area contributed by atoms with E-state index >= 15 is 0 Å². The number of aromatic nitrogens is 4. The maximum absolute atomic E-state index is 9.11. The Hall–Kier alpha value is -3.06. The fraction of sp³-hybridized carbons (Fsp3) is 0.333. The Morgan fingerprint density at radius 2 is 2.00 bits per heavy atom. The summed E-state index contributed by atoms with van der Waals surface area (Å²) in [5.41, 5.74) is 0.983. The Morgan fingerprint density at radius 1 is 1.17 bits per heavy atom. The first-order valence-electron chi connectivity index (χ1n) is 9.39. The van der Waals surface area contributed by atoms with Crippen LogP contribution in [0.2, 0.25) is 0 Å². The zero-order chi connectivity index (χ0) is 21.0. The Balaban J connectivity index is 1.47. The average molecular weight is 423 g/mol. The molecule has 1 N–H and O–H groups in total. The highest BCUT2D eigenvalue weighted by molar-refractivity contribution is 7.09. The number of hydrogen-bond acceptors (Lipinski definition) is 9. The lowest BCUT2D eigenvalue weighted by Gasteiger charge is -2.22. The van der Waals surface area contributed by atoms with Crippen molar-refractivity contribution in [3.8, 4) is 28.3 Å². The van der Waals surface area contributed by atoms with Crippen LogP contribution in [0.4, 0.5) is 5.82 Å². The van der Waals surface area contributed by atoms with Crippen LogP contribution in [0.3, 0.4) is 0 Å². The van der Waals surface area contributed by atoms with Crippen LogP contribution in [0, 0.1) is 11.8 Å². The maximum atomic E-state index is 9.11. The molecule has 4 rings (SSSR count). The molecule has 2 aromatic heterocycles. The van der Waals surface area contributed by atoms with Gasteiger partial charge in [0.15, 0.2) is 16.6 Å². The van der Waals surface area contributed by atoms with Crippen molar-refractivity contribution in [3.63, 3.8) is 0 Å². The zero-order valence-electron chi connectivity index (χ0n) is 16.7. The first-order chi connectivity index (χ1) is 14.6. The molecule has 8 nitrogen and oxygen atoms in total. The van der Waals surface area contributed by atoms with Gasteiger partial charge < -0.3 is 19.5 Å². The van der Waals surface area contributed by atoms with Gasteiger partial charge in [0, 0.05) is 25.6 Å². The summed E-state index contributed by atoms with van der Waals surface area (Å²) in [5.74, 6) is 8.47. The van der Waals surface area contributed by atoms with Crippen molar-refractivity contribution in [2.75, 3.05) is 32.2 Å².